The highest BCUT2D eigenvalue weighted by Gasteiger charge is 2.19. The first-order valence-corrected chi connectivity index (χ1v) is 9.93. The molecule has 0 aromatic carbocycles. The number of nitrogens with zero attached hydrogens (tertiary/aromatic N) is 1. The lowest BCUT2D eigenvalue weighted by atomic mass is 10.2. The Bertz CT molecular complexity index is 689. The van der Waals surface area contributed by atoms with Gasteiger partial charge in [0, 0.05) is 11.9 Å². The number of nitrogens with one attached hydrogen (secondary N) is 2. The normalized spacial score (nSPS) is 12.0. The maximum Gasteiger partial charge on any atom is 0.273 e. The molecule has 5 nitrogen and oxygen atoms in total. The van der Waals surface area contributed by atoms with Crippen molar-refractivity contribution in [2.45, 2.75) is 37.4 Å². The monoisotopic (exact) mass is 345 g/mol. The van der Waals surface area contributed by atoms with Gasteiger partial charge < -0.3 is 5.32 Å². The predicted molar refractivity (Wildman–Crippen MR) is 88.7 cm³/mol. The molecule has 0 fully saturated rings. The number of hydrogen-bond acceptors (Lipinski definition) is 6. The number of sulfonamides is 1. The zero-order chi connectivity index (χ0) is 15.5. The third-order valence-electron chi connectivity index (χ3n) is 2.81. The van der Waals surface area contributed by atoms with Gasteiger partial charge in [0.15, 0.2) is 5.13 Å². The average molecular weight is 346 g/mol. The summed E-state index contributed by atoms with van der Waals surface area (Å²) in [5.41, 5.74) is 1.88. The molecule has 0 saturated heterocycles. The van der Waals surface area contributed by atoms with Crippen molar-refractivity contribution in [3.05, 3.63) is 28.1 Å². The highest BCUT2D eigenvalue weighted by molar-refractivity contribution is 7.94. The summed E-state index contributed by atoms with van der Waals surface area (Å²) in [6, 6.07) is 1.70. The number of thiophene rings is 1. The summed E-state index contributed by atoms with van der Waals surface area (Å²) < 4.78 is 27.5. The quantitative estimate of drug-likeness (QED) is 0.808. The minimum Gasteiger partial charge on any atom is -0.313 e. The Labute approximate surface area is 133 Å². The SMILES string of the molecule is CCNCc1csc(S(=O)(=O)Nc2nc(C(C)C)cs2)c1. The first-order valence-electron chi connectivity index (χ1n) is 6.68. The molecule has 0 atom stereocenters. The predicted octanol–water partition coefficient (Wildman–Crippen LogP) is 3.24. The van der Waals surface area contributed by atoms with E-state index in [1.165, 1.54) is 22.7 Å². The van der Waals surface area contributed by atoms with Gasteiger partial charge in [-0.15, -0.1) is 22.7 Å². The molecule has 0 spiro atoms. The van der Waals surface area contributed by atoms with E-state index in [0.717, 1.165) is 17.8 Å². The Kier molecular flexibility index (Phi) is 5.37. The van der Waals surface area contributed by atoms with E-state index in [4.69, 9.17) is 0 Å². The van der Waals surface area contributed by atoms with Crippen molar-refractivity contribution in [2.24, 2.45) is 0 Å². The van der Waals surface area contributed by atoms with Crippen LogP contribution in [-0.4, -0.2) is 19.9 Å². The zero-order valence-electron chi connectivity index (χ0n) is 12.2. The molecule has 0 aliphatic heterocycles. The second kappa shape index (κ2) is 6.87. The van der Waals surface area contributed by atoms with E-state index in [2.05, 4.69) is 15.0 Å². The Morgan fingerprint density at radius 1 is 1.29 bits per heavy atom. The molecule has 0 bridgehead atoms. The molecule has 2 N–H and O–H groups in total. The summed E-state index contributed by atoms with van der Waals surface area (Å²) in [5.74, 6) is 0.285. The van der Waals surface area contributed by atoms with Crippen molar-refractivity contribution in [3.63, 3.8) is 0 Å². The van der Waals surface area contributed by atoms with Crippen molar-refractivity contribution >= 4 is 37.8 Å². The summed E-state index contributed by atoms with van der Waals surface area (Å²) in [6.45, 7) is 7.60. The lowest BCUT2D eigenvalue weighted by molar-refractivity contribution is 0.603. The van der Waals surface area contributed by atoms with Gasteiger partial charge in [-0.05, 0) is 29.5 Å². The molecule has 2 heterocycles. The second-order valence-corrected chi connectivity index (χ2v) is 8.57. The van der Waals surface area contributed by atoms with Crippen LogP contribution in [0.15, 0.2) is 21.0 Å². The van der Waals surface area contributed by atoms with Crippen LogP contribution in [0.3, 0.4) is 0 Å². The van der Waals surface area contributed by atoms with E-state index >= 15 is 0 Å². The summed E-state index contributed by atoms with van der Waals surface area (Å²) in [6.07, 6.45) is 0. The number of rotatable bonds is 7. The van der Waals surface area contributed by atoms with Crippen LogP contribution in [0, 0.1) is 0 Å². The maximum absolute atomic E-state index is 12.3. The van der Waals surface area contributed by atoms with Gasteiger partial charge in [-0.1, -0.05) is 20.8 Å². The van der Waals surface area contributed by atoms with Crippen LogP contribution in [-0.2, 0) is 16.6 Å². The average Bonchev–Trinajstić information content (AvgIpc) is 3.04. The lowest BCUT2D eigenvalue weighted by Crippen LogP contribution is -2.12. The largest absolute Gasteiger partial charge is 0.313 e. The van der Waals surface area contributed by atoms with Gasteiger partial charge in [-0.3, -0.25) is 4.72 Å². The van der Waals surface area contributed by atoms with Crippen molar-refractivity contribution in [1.82, 2.24) is 10.3 Å². The first-order chi connectivity index (χ1) is 9.92. The molecule has 2 rings (SSSR count). The molecule has 2 aromatic heterocycles. The summed E-state index contributed by atoms with van der Waals surface area (Å²) in [5, 5.41) is 7.34. The fraction of sp³-hybridized carbons (Fsp3) is 0.462. The smallest absolute Gasteiger partial charge is 0.273 e. The molecular formula is C13H19N3O2S3. The Balaban J connectivity index is 2.11. The summed E-state index contributed by atoms with van der Waals surface area (Å²) in [4.78, 5) is 4.30. The molecule has 0 aliphatic carbocycles. The van der Waals surface area contributed by atoms with Gasteiger partial charge in [0.1, 0.15) is 4.21 Å². The minimum absolute atomic E-state index is 0.285. The Morgan fingerprint density at radius 3 is 2.67 bits per heavy atom. The number of anilines is 1. The number of hydrogen-bond donors (Lipinski definition) is 2. The zero-order valence-corrected chi connectivity index (χ0v) is 14.7. The Morgan fingerprint density at radius 2 is 2.05 bits per heavy atom. The van der Waals surface area contributed by atoms with E-state index in [1.807, 2.05) is 31.5 Å². The van der Waals surface area contributed by atoms with E-state index in [0.29, 0.717) is 15.9 Å². The first kappa shape index (κ1) is 16.4. The van der Waals surface area contributed by atoms with Crippen LogP contribution in [0.2, 0.25) is 0 Å². The van der Waals surface area contributed by atoms with E-state index in [9.17, 15) is 8.42 Å². The second-order valence-electron chi connectivity index (χ2n) is 4.89. The van der Waals surface area contributed by atoms with Gasteiger partial charge in [-0.25, -0.2) is 13.4 Å². The van der Waals surface area contributed by atoms with Gasteiger partial charge in [0.2, 0.25) is 0 Å². The van der Waals surface area contributed by atoms with E-state index in [-0.39, 0.29) is 5.92 Å². The maximum atomic E-state index is 12.3. The molecule has 0 amide bonds. The van der Waals surface area contributed by atoms with Gasteiger partial charge in [0.25, 0.3) is 10.0 Å². The number of thiazole rings is 1. The van der Waals surface area contributed by atoms with Crippen molar-refractivity contribution in [1.29, 1.82) is 0 Å². The molecule has 116 valence electrons. The highest BCUT2D eigenvalue weighted by atomic mass is 32.2. The molecule has 0 aliphatic rings. The molecule has 0 unspecified atom stereocenters. The fourth-order valence-corrected chi connectivity index (χ4v) is 4.95. The third kappa shape index (κ3) is 4.26. The van der Waals surface area contributed by atoms with Gasteiger partial charge in [0.05, 0.1) is 5.69 Å². The van der Waals surface area contributed by atoms with Crippen LogP contribution in [0.4, 0.5) is 5.13 Å². The molecular weight excluding hydrogens is 326 g/mol. The lowest BCUT2D eigenvalue weighted by Gasteiger charge is -2.02. The van der Waals surface area contributed by atoms with Crippen molar-refractivity contribution in [3.8, 4) is 0 Å². The fourth-order valence-electron chi connectivity index (χ4n) is 1.62. The van der Waals surface area contributed by atoms with E-state index in [1.54, 1.807) is 6.07 Å². The van der Waals surface area contributed by atoms with Crippen molar-refractivity contribution < 1.29 is 8.42 Å². The van der Waals surface area contributed by atoms with Crippen LogP contribution in [0.1, 0.15) is 37.9 Å². The molecule has 0 saturated carbocycles. The van der Waals surface area contributed by atoms with Gasteiger partial charge in [-0.2, -0.15) is 0 Å². The Hall–Kier alpha value is -0.960. The van der Waals surface area contributed by atoms with Crippen LogP contribution in [0.5, 0.6) is 0 Å². The minimum atomic E-state index is -3.54. The number of aromatic nitrogens is 1. The topological polar surface area (TPSA) is 71.1 Å². The summed E-state index contributed by atoms with van der Waals surface area (Å²) in [7, 11) is -3.54. The third-order valence-corrected chi connectivity index (χ3v) is 6.54. The molecule has 2 aromatic rings. The van der Waals surface area contributed by atoms with Crippen LogP contribution >= 0.6 is 22.7 Å². The molecule has 0 radical (unpaired) electrons. The standard InChI is InChI=1S/C13H19N3O2S3/c1-4-14-6-10-5-12(19-7-10)21(17,18)16-13-15-11(8-20-13)9(2)3/h5,7-9,14H,4,6H2,1-3H3,(H,15,16). The van der Waals surface area contributed by atoms with Gasteiger partial charge >= 0.3 is 0 Å². The van der Waals surface area contributed by atoms with E-state index < -0.39 is 10.0 Å². The van der Waals surface area contributed by atoms with Crippen LogP contribution < -0.4 is 10.0 Å². The van der Waals surface area contributed by atoms with Crippen molar-refractivity contribution in [2.75, 3.05) is 11.3 Å². The molecule has 21 heavy (non-hydrogen) atoms. The highest BCUT2D eigenvalue weighted by Crippen LogP contribution is 2.26. The summed E-state index contributed by atoms with van der Waals surface area (Å²) >= 11 is 2.54. The molecule has 8 heteroatoms. The van der Waals surface area contributed by atoms with Crippen LogP contribution in [0.25, 0.3) is 0 Å².